The number of carbonyl (C=O) groups excluding carboxylic acids is 1. The largest absolute Gasteiger partial charge is 0.352 e. The zero-order valence-corrected chi connectivity index (χ0v) is 11.1. The number of aryl methyl sites for hydroxylation is 1. The smallest absolute Gasteiger partial charge is 0.171 e. The lowest BCUT2D eigenvalue weighted by Crippen LogP contribution is -2.41. The lowest BCUT2D eigenvalue weighted by molar-refractivity contribution is 0.111. The minimum absolute atomic E-state index is 0.0687. The van der Waals surface area contributed by atoms with Gasteiger partial charge < -0.3 is 4.90 Å². The average Bonchev–Trinajstić information content (AvgIpc) is 2.35. The van der Waals surface area contributed by atoms with Crippen LogP contribution in [0.1, 0.15) is 29.5 Å². The molecule has 1 aliphatic rings. The van der Waals surface area contributed by atoms with E-state index in [-0.39, 0.29) is 16.8 Å². The summed E-state index contributed by atoms with van der Waals surface area (Å²) in [6, 6.07) is 0. The third kappa shape index (κ3) is 2.46. The van der Waals surface area contributed by atoms with Gasteiger partial charge in [0, 0.05) is 6.54 Å². The summed E-state index contributed by atoms with van der Waals surface area (Å²) >= 11 is 5.86. The molecule has 18 heavy (non-hydrogen) atoms. The van der Waals surface area contributed by atoms with Crippen molar-refractivity contribution in [2.45, 2.75) is 26.4 Å². The summed E-state index contributed by atoms with van der Waals surface area (Å²) in [6.45, 7) is 4.68. The van der Waals surface area contributed by atoms with Gasteiger partial charge in [0.05, 0.1) is 12.2 Å². The molecule has 0 radical (unpaired) electrons. The highest BCUT2D eigenvalue weighted by Gasteiger charge is 2.28. The fourth-order valence-corrected chi connectivity index (χ4v) is 2.26. The first-order valence-corrected chi connectivity index (χ1v) is 6.29. The number of hydrogen-bond acceptors (Lipinski definition) is 4. The second-order valence-corrected chi connectivity index (χ2v) is 5.01. The molecule has 1 aliphatic heterocycles. The molecule has 1 aromatic rings. The number of nitrogens with zero attached hydrogens (tertiary/aromatic N) is 3. The van der Waals surface area contributed by atoms with Crippen molar-refractivity contribution in [3.05, 3.63) is 16.5 Å². The number of hydrogen-bond donors (Lipinski definition) is 0. The van der Waals surface area contributed by atoms with Crippen LogP contribution in [0.2, 0.25) is 5.15 Å². The summed E-state index contributed by atoms with van der Waals surface area (Å²) in [5.74, 6) is 0.638. The van der Waals surface area contributed by atoms with Gasteiger partial charge in [-0.2, -0.15) is 0 Å². The van der Waals surface area contributed by atoms with Crippen LogP contribution in [0.5, 0.6) is 0 Å². The van der Waals surface area contributed by atoms with Crippen molar-refractivity contribution >= 4 is 23.7 Å². The standard InChI is InChI=1S/C12H15ClFN3O/c1-7-3-4-17(5-9(7)14)12-8(2)15-10(6-18)11(13)16-12/h6-7,9H,3-5H2,1-2H3/t7-,9+/m0/s1. The van der Waals surface area contributed by atoms with Crippen LogP contribution in [0.3, 0.4) is 0 Å². The molecule has 6 heteroatoms. The van der Waals surface area contributed by atoms with Crippen molar-refractivity contribution < 1.29 is 9.18 Å². The Morgan fingerprint density at radius 3 is 2.83 bits per heavy atom. The Bertz CT molecular complexity index is 469. The molecule has 1 saturated heterocycles. The summed E-state index contributed by atoms with van der Waals surface area (Å²) in [6.07, 6.45) is 0.474. The van der Waals surface area contributed by atoms with E-state index in [2.05, 4.69) is 9.97 Å². The van der Waals surface area contributed by atoms with Crippen LogP contribution >= 0.6 is 11.6 Å². The van der Waals surface area contributed by atoms with Crippen molar-refractivity contribution in [3.63, 3.8) is 0 Å². The number of piperidine rings is 1. The van der Waals surface area contributed by atoms with E-state index in [0.29, 0.717) is 24.3 Å². The first-order valence-electron chi connectivity index (χ1n) is 5.91. The van der Waals surface area contributed by atoms with Crippen LogP contribution in [-0.2, 0) is 0 Å². The number of alkyl halides is 1. The lowest BCUT2D eigenvalue weighted by atomic mass is 9.97. The predicted molar refractivity (Wildman–Crippen MR) is 68.1 cm³/mol. The van der Waals surface area contributed by atoms with Gasteiger partial charge in [-0.05, 0) is 19.3 Å². The van der Waals surface area contributed by atoms with Crippen molar-refractivity contribution in [1.29, 1.82) is 0 Å². The van der Waals surface area contributed by atoms with Gasteiger partial charge >= 0.3 is 0 Å². The Hall–Kier alpha value is -1.23. The molecule has 0 aromatic carbocycles. The van der Waals surface area contributed by atoms with E-state index in [1.54, 1.807) is 6.92 Å². The number of aldehydes is 1. The van der Waals surface area contributed by atoms with E-state index >= 15 is 0 Å². The molecule has 2 heterocycles. The van der Waals surface area contributed by atoms with Crippen LogP contribution in [0.4, 0.5) is 10.2 Å². The van der Waals surface area contributed by atoms with Crippen LogP contribution in [0.15, 0.2) is 0 Å². The molecule has 0 spiro atoms. The molecule has 0 saturated carbocycles. The van der Waals surface area contributed by atoms with E-state index < -0.39 is 6.17 Å². The number of rotatable bonds is 2. The lowest BCUT2D eigenvalue weighted by Gasteiger charge is -2.34. The average molecular weight is 272 g/mol. The number of aromatic nitrogens is 2. The zero-order chi connectivity index (χ0) is 13.3. The van der Waals surface area contributed by atoms with Gasteiger partial charge in [-0.3, -0.25) is 4.79 Å². The molecular weight excluding hydrogens is 257 g/mol. The monoisotopic (exact) mass is 271 g/mol. The van der Waals surface area contributed by atoms with Crippen LogP contribution < -0.4 is 4.90 Å². The summed E-state index contributed by atoms with van der Waals surface area (Å²) < 4.78 is 13.7. The molecule has 0 amide bonds. The molecule has 2 atom stereocenters. The minimum Gasteiger partial charge on any atom is -0.352 e. The molecule has 2 rings (SSSR count). The van der Waals surface area contributed by atoms with E-state index in [1.165, 1.54) is 0 Å². The highest BCUT2D eigenvalue weighted by molar-refractivity contribution is 6.31. The molecule has 98 valence electrons. The maximum atomic E-state index is 13.7. The topological polar surface area (TPSA) is 46.1 Å². The van der Waals surface area contributed by atoms with Gasteiger partial charge in [-0.25, -0.2) is 14.4 Å². The van der Waals surface area contributed by atoms with Gasteiger partial charge in [0.15, 0.2) is 17.3 Å². The second kappa shape index (κ2) is 5.18. The van der Waals surface area contributed by atoms with E-state index in [4.69, 9.17) is 11.6 Å². The Morgan fingerprint density at radius 2 is 2.22 bits per heavy atom. The summed E-state index contributed by atoms with van der Waals surface area (Å²) in [5.41, 5.74) is 0.725. The van der Waals surface area contributed by atoms with Crippen LogP contribution in [0.25, 0.3) is 0 Å². The molecule has 1 aromatic heterocycles. The third-order valence-electron chi connectivity index (χ3n) is 3.30. The first kappa shape index (κ1) is 13.2. The highest BCUT2D eigenvalue weighted by Crippen LogP contribution is 2.26. The number of anilines is 1. The van der Waals surface area contributed by atoms with Gasteiger partial charge in [-0.1, -0.05) is 18.5 Å². The fraction of sp³-hybridized carbons (Fsp3) is 0.583. The van der Waals surface area contributed by atoms with Crippen molar-refractivity contribution in [2.24, 2.45) is 5.92 Å². The van der Waals surface area contributed by atoms with Crippen LogP contribution in [0, 0.1) is 12.8 Å². The third-order valence-corrected chi connectivity index (χ3v) is 3.58. The molecule has 0 bridgehead atoms. The van der Waals surface area contributed by atoms with E-state index in [9.17, 15) is 9.18 Å². The Labute approximate surface area is 110 Å². The maximum absolute atomic E-state index is 13.7. The second-order valence-electron chi connectivity index (χ2n) is 4.65. The summed E-state index contributed by atoms with van der Waals surface area (Å²) in [7, 11) is 0. The summed E-state index contributed by atoms with van der Waals surface area (Å²) in [5, 5.41) is 0.0691. The van der Waals surface area contributed by atoms with E-state index in [1.807, 2.05) is 11.8 Å². The highest BCUT2D eigenvalue weighted by atomic mass is 35.5. The first-order chi connectivity index (χ1) is 8.52. The van der Waals surface area contributed by atoms with Gasteiger partial charge in [0.2, 0.25) is 0 Å². The van der Waals surface area contributed by atoms with Crippen molar-refractivity contribution in [3.8, 4) is 0 Å². The Balaban J connectivity index is 2.28. The Morgan fingerprint density at radius 1 is 1.50 bits per heavy atom. The predicted octanol–water partition coefficient (Wildman–Crippen LogP) is 2.44. The van der Waals surface area contributed by atoms with Gasteiger partial charge in [-0.15, -0.1) is 0 Å². The van der Waals surface area contributed by atoms with E-state index in [0.717, 1.165) is 13.0 Å². The van der Waals surface area contributed by atoms with Crippen LogP contribution in [-0.4, -0.2) is 35.5 Å². The maximum Gasteiger partial charge on any atom is 0.171 e. The molecule has 1 fully saturated rings. The summed E-state index contributed by atoms with van der Waals surface area (Å²) in [4.78, 5) is 20.8. The molecule has 4 nitrogen and oxygen atoms in total. The fourth-order valence-electron chi connectivity index (χ4n) is 2.10. The van der Waals surface area contributed by atoms with Crippen molar-refractivity contribution in [1.82, 2.24) is 9.97 Å². The molecule has 0 aliphatic carbocycles. The number of halogens is 2. The number of carbonyl (C=O) groups is 1. The quantitative estimate of drug-likeness (QED) is 0.775. The zero-order valence-electron chi connectivity index (χ0n) is 10.4. The van der Waals surface area contributed by atoms with Crippen molar-refractivity contribution in [2.75, 3.05) is 18.0 Å². The Kier molecular flexibility index (Phi) is 3.80. The molecule has 0 unspecified atom stereocenters. The molecule has 0 N–H and O–H groups in total. The van der Waals surface area contributed by atoms with Gasteiger partial charge in [0.25, 0.3) is 0 Å². The normalized spacial score (nSPS) is 24.1. The van der Waals surface area contributed by atoms with Gasteiger partial charge in [0.1, 0.15) is 11.9 Å². The minimum atomic E-state index is -0.871. The molecular formula is C12H15ClFN3O. The SMILES string of the molecule is Cc1nc(C=O)c(Cl)nc1N1CC[C@H](C)[C@H](F)C1.